The molecular weight excluding hydrogens is 296 g/mol. The molecule has 0 radical (unpaired) electrons. The predicted octanol–water partition coefficient (Wildman–Crippen LogP) is 3.22. The van der Waals surface area contributed by atoms with Gasteiger partial charge >= 0.3 is 11.4 Å². The second-order valence-electron chi connectivity index (χ2n) is 3.35. The van der Waals surface area contributed by atoms with E-state index in [1.165, 1.54) is 11.8 Å². The zero-order valence-corrected chi connectivity index (χ0v) is 12.3. The molecular formula is C13H12N2O3S2. The lowest BCUT2D eigenvalue weighted by Crippen LogP contribution is -1.99. The third-order valence-electron chi connectivity index (χ3n) is 2.22. The minimum Gasteiger partial charge on any atom is -0.273 e. The van der Waals surface area contributed by atoms with Crippen LogP contribution in [0.5, 0.6) is 0 Å². The van der Waals surface area contributed by atoms with E-state index in [1.807, 2.05) is 6.92 Å². The molecule has 0 saturated carbocycles. The van der Waals surface area contributed by atoms with Gasteiger partial charge in [0, 0.05) is 5.57 Å². The number of hydrogen-bond acceptors (Lipinski definition) is 5. The van der Waals surface area contributed by atoms with Crippen LogP contribution in [0.2, 0.25) is 0 Å². The fourth-order valence-corrected chi connectivity index (χ4v) is 2.30. The largest absolute Gasteiger partial charge is 0.378 e. The summed E-state index contributed by atoms with van der Waals surface area (Å²) >= 11 is -1.28. The molecule has 1 rings (SSSR count). The van der Waals surface area contributed by atoms with Gasteiger partial charge in [0.1, 0.15) is 11.1 Å². The first-order valence-electron chi connectivity index (χ1n) is 5.44. The van der Waals surface area contributed by atoms with E-state index in [9.17, 15) is 9.47 Å². The molecule has 7 heteroatoms. The quantitative estimate of drug-likeness (QED) is 0.365. The first-order chi connectivity index (χ1) is 9.63. The average molecular weight is 308 g/mol. The van der Waals surface area contributed by atoms with E-state index in [2.05, 4.69) is 22.1 Å². The maximum absolute atomic E-state index is 10.5. The highest BCUT2D eigenvalue weighted by Crippen LogP contribution is 2.29. The van der Waals surface area contributed by atoms with Gasteiger partial charge in [-0.05, 0) is 24.0 Å². The van der Waals surface area contributed by atoms with Gasteiger partial charge in [0.25, 0.3) is 0 Å². The van der Waals surface area contributed by atoms with Crippen LogP contribution in [0.15, 0.2) is 64.2 Å². The van der Waals surface area contributed by atoms with Crippen molar-refractivity contribution in [1.82, 2.24) is 0 Å². The Morgan fingerprint density at radius 1 is 1.70 bits per heavy atom. The number of oxime groups is 1. The van der Waals surface area contributed by atoms with Gasteiger partial charge in [0.05, 0.1) is 5.57 Å². The van der Waals surface area contributed by atoms with E-state index in [4.69, 9.17) is 4.55 Å². The highest BCUT2D eigenvalue weighted by Gasteiger charge is 2.18. The first kappa shape index (κ1) is 16.2. The Morgan fingerprint density at radius 3 is 3.00 bits per heavy atom. The number of nitriles is 1. The van der Waals surface area contributed by atoms with E-state index in [0.29, 0.717) is 21.8 Å². The molecule has 1 N–H and O–H groups in total. The van der Waals surface area contributed by atoms with Crippen molar-refractivity contribution in [3.8, 4) is 6.07 Å². The molecule has 1 aliphatic rings. The Balaban J connectivity index is 3.24. The zero-order valence-electron chi connectivity index (χ0n) is 10.6. The van der Waals surface area contributed by atoms with Crippen LogP contribution in [0.3, 0.4) is 0 Å². The van der Waals surface area contributed by atoms with E-state index >= 15 is 0 Å². The Kier molecular flexibility index (Phi) is 6.73. The zero-order chi connectivity index (χ0) is 15.0. The van der Waals surface area contributed by atoms with Crippen molar-refractivity contribution in [3.63, 3.8) is 0 Å². The smallest absolute Gasteiger partial charge is 0.273 e. The summed E-state index contributed by atoms with van der Waals surface area (Å²) in [5, 5.41) is 15.0. The average Bonchev–Trinajstić information content (AvgIpc) is 2.89. The summed E-state index contributed by atoms with van der Waals surface area (Å²) in [4.78, 5) is 0. The predicted molar refractivity (Wildman–Crippen MR) is 81.8 cm³/mol. The van der Waals surface area contributed by atoms with Crippen molar-refractivity contribution in [2.75, 3.05) is 0 Å². The SMILES string of the molecule is C=C\C=C/C(=C\C)C(/C#N)=C1/C=CS/C1=N\OS(=O)O. The monoisotopic (exact) mass is 308 g/mol. The van der Waals surface area contributed by atoms with Crippen molar-refractivity contribution >= 4 is 28.2 Å². The van der Waals surface area contributed by atoms with Crippen LogP contribution in [0.25, 0.3) is 0 Å². The molecule has 1 heterocycles. The van der Waals surface area contributed by atoms with Gasteiger partial charge in [-0.1, -0.05) is 47.8 Å². The number of allylic oxidation sites excluding steroid dienone is 7. The van der Waals surface area contributed by atoms with Crippen LogP contribution in [0.4, 0.5) is 0 Å². The minimum absolute atomic E-state index is 0.357. The van der Waals surface area contributed by atoms with Crippen molar-refractivity contribution in [3.05, 3.63) is 59.1 Å². The Morgan fingerprint density at radius 2 is 2.45 bits per heavy atom. The van der Waals surface area contributed by atoms with Crippen LogP contribution in [-0.4, -0.2) is 13.8 Å². The number of hydrogen-bond donors (Lipinski definition) is 1. The van der Waals surface area contributed by atoms with Crippen LogP contribution < -0.4 is 0 Å². The van der Waals surface area contributed by atoms with Crippen LogP contribution >= 0.6 is 11.8 Å². The molecule has 0 spiro atoms. The summed E-state index contributed by atoms with van der Waals surface area (Å²) in [6, 6.07) is 2.11. The third-order valence-corrected chi connectivity index (χ3v) is 3.21. The molecule has 0 bridgehead atoms. The van der Waals surface area contributed by atoms with Crippen molar-refractivity contribution in [2.24, 2.45) is 5.16 Å². The lowest BCUT2D eigenvalue weighted by Gasteiger charge is -2.04. The normalized spacial score (nSPS) is 21.1. The molecule has 0 amide bonds. The highest BCUT2D eigenvalue weighted by atomic mass is 32.2. The first-order valence-corrected chi connectivity index (χ1v) is 7.35. The Hall–Kier alpha value is -1.88. The topological polar surface area (TPSA) is 82.7 Å². The van der Waals surface area contributed by atoms with Gasteiger partial charge in [-0.15, -0.1) is 0 Å². The molecule has 5 nitrogen and oxygen atoms in total. The summed E-state index contributed by atoms with van der Waals surface area (Å²) in [6.07, 6.45) is 8.56. The van der Waals surface area contributed by atoms with Gasteiger partial charge in [-0.25, -0.2) is 0 Å². The maximum Gasteiger partial charge on any atom is 0.378 e. The second-order valence-corrected chi connectivity index (χ2v) is 4.83. The van der Waals surface area contributed by atoms with Gasteiger partial charge in [-0.2, -0.15) is 9.47 Å². The molecule has 0 aromatic carbocycles. The van der Waals surface area contributed by atoms with E-state index in [1.54, 1.807) is 35.8 Å². The number of rotatable bonds is 5. The van der Waals surface area contributed by atoms with Crippen molar-refractivity contribution in [1.29, 1.82) is 5.26 Å². The fourth-order valence-electron chi connectivity index (χ4n) is 1.40. The standard InChI is InChI=1S/C13H12N2O3S2/c1-3-5-6-10(4-2)12(9-14)11-7-8-19-13(11)15-18-20(16)17/h3-8H,1H2,2H3,(H,16,17)/b6-5-,10-4+,12-11-,15-13-. The van der Waals surface area contributed by atoms with Gasteiger partial charge in [-0.3, -0.25) is 8.84 Å². The lowest BCUT2D eigenvalue weighted by molar-refractivity contribution is 0.327. The third kappa shape index (κ3) is 4.35. The second kappa shape index (κ2) is 8.32. The summed E-state index contributed by atoms with van der Waals surface area (Å²) < 4.78 is 23.3. The molecule has 1 atom stereocenters. The number of thioether (sulfide) groups is 1. The number of nitrogens with zero attached hydrogens (tertiary/aromatic N) is 2. The molecule has 0 saturated heterocycles. The molecule has 1 unspecified atom stereocenters. The molecule has 0 fully saturated rings. The van der Waals surface area contributed by atoms with E-state index in [-0.39, 0.29) is 0 Å². The molecule has 1 aliphatic heterocycles. The summed E-state index contributed by atoms with van der Waals surface area (Å²) in [7, 11) is 0. The minimum atomic E-state index is -2.48. The van der Waals surface area contributed by atoms with Crippen molar-refractivity contribution < 1.29 is 13.0 Å². The van der Waals surface area contributed by atoms with Gasteiger partial charge < -0.3 is 0 Å². The van der Waals surface area contributed by atoms with Crippen molar-refractivity contribution in [2.45, 2.75) is 6.92 Å². The molecule has 104 valence electrons. The van der Waals surface area contributed by atoms with Crippen LogP contribution in [0.1, 0.15) is 6.92 Å². The van der Waals surface area contributed by atoms with Gasteiger partial charge in [0.15, 0.2) is 0 Å². The fraction of sp³-hybridized carbons (Fsp3) is 0.0769. The maximum atomic E-state index is 10.5. The molecule has 0 aliphatic carbocycles. The molecule has 0 aromatic rings. The van der Waals surface area contributed by atoms with Crippen LogP contribution in [-0.2, 0) is 15.6 Å². The lowest BCUT2D eigenvalue weighted by atomic mass is 10.0. The Bertz CT molecular complexity index is 608. The summed E-state index contributed by atoms with van der Waals surface area (Å²) in [5.41, 5.74) is 1.65. The molecule has 0 aromatic heterocycles. The summed E-state index contributed by atoms with van der Waals surface area (Å²) in [5.74, 6) is 0. The highest BCUT2D eigenvalue weighted by molar-refractivity contribution is 8.17. The van der Waals surface area contributed by atoms with Gasteiger partial charge in [0.2, 0.25) is 0 Å². The summed E-state index contributed by atoms with van der Waals surface area (Å²) in [6.45, 7) is 5.39. The van der Waals surface area contributed by atoms with E-state index < -0.39 is 11.4 Å². The Labute approximate surface area is 124 Å². The van der Waals surface area contributed by atoms with E-state index in [0.717, 1.165) is 0 Å². The van der Waals surface area contributed by atoms with Crippen LogP contribution in [0, 0.1) is 11.3 Å². The molecule has 20 heavy (non-hydrogen) atoms.